The van der Waals surface area contributed by atoms with Gasteiger partial charge in [-0.25, -0.2) is 0 Å². The zero-order valence-corrected chi connectivity index (χ0v) is 13.4. The molecule has 118 valence electrons. The summed E-state index contributed by atoms with van der Waals surface area (Å²) in [7, 11) is 0. The zero-order valence-electron chi connectivity index (χ0n) is 11.8. The molecule has 2 rings (SSSR count). The lowest BCUT2D eigenvalue weighted by Crippen LogP contribution is -2.30. The quantitative estimate of drug-likeness (QED) is 0.730. The van der Waals surface area contributed by atoms with Gasteiger partial charge in [0.25, 0.3) is 11.8 Å². The first-order valence-electron chi connectivity index (χ1n) is 6.63. The van der Waals surface area contributed by atoms with E-state index in [9.17, 15) is 14.4 Å². The number of ether oxygens (including phenoxy) is 1. The van der Waals surface area contributed by atoms with Gasteiger partial charge in [0.1, 0.15) is 5.75 Å². The summed E-state index contributed by atoms with van der Waals surface area (Å²) in [6, 6.07) is 3.14. The van der Waals surface area contributed by atoms with Crippen LogP contribution in [0.25, 0.3) is 0 Å². The van der Waals surface area contributed by atoms with Crippen molar-refractivity contribution < 1.29 is 24.2 Å². The van der Waals surface area contributed by atoms with Gasteiger partial charge in [0.2, 0.25) is 0 Å². The van der Waals surface area contributed by atoms with Gasteiger partial charge < -0.3 is 20.5 Å². The van der Waals surface area contributed by atoms with Gasteiger partial charge >= 0.3 is 5.97 Å². The average molecular weight is 371 g/mol. The van der Waals surface area contributed by atoms with Crippen molar-refractivity contribution in [2.24, 2.45) is 5.92 Å². The van der Waals surface area contributed by atoms with Gasteiger partial charge in [-0.3, -0.25) is 14.4 Å². The minimum Gasteiger partial charge on any atom is -0.482 e. The van der Waals surface area contributed by atoms with Crippen LogP contribution in [0.15, 0.2) is 16.6 Å². The van der Waals surface area contributed by atoms with E-state index < -0.39 is 5.97 Å². The third-order valence-electron chi connectivity index (χ3n) is 3.08. The third kappa shape index (κ3) is 3.97. The Kier molecular flexibility index (Phi) is 5.02. The number of carbonyl (C=O) groups excluding carboxylic acids is 2. The number of aliphatic carboxylic acids is 1. The summed E-state index contributed by atoms with van der Waals surface area (Å²) >= 11 is 3.28. The fourth-order valence-corrected chi connectivity index (χ4v) is 2.53. The molecule has 0 aromatic heterocycles. The molecule has 0 bridgehead atoms. The van der Waals surface area contributed by atoms with E-state index in [0.717, 1.165) is 0 Å². The van der Waals surface area contributed by atoms with Crippen molar-refractivity contribution in [3.05, 3.63) is 22.2 Å². The highest BCUT2D eigenvalue weighted by molar-refractivity contribution is 9.10. The van der Waals surface area contributed by atoms with E-state index in [0.29, 0.717) is 21.5 Å². The fraction of sp³-hybridized carbons (Fsp3) is 0.357. The number of fused-ring (bicyclic) bond motifs is 1. The van der Waals surface area contributed by atoms with E-state index in [1.807, 2.05) is 0 Å². The molecule has 1 aliphatic rings. The van der Waals surface area contributed by atoms with Crippen LogP contribution in [-0.2, 0) is 9.59 Å². The van der Waals surface area contributed by atoms with Crippen LogP contribution in [0, 0.1) is 5.92 Å². The number of nitrogens with one attached hydrogen (secondary N) is 2. The SMILES string of the molecule is CC(CNC(=O)c1cc2c(cc1Br)NC(=O)CO2)CC(=O)O. The molecule has 2 amide bonds. The summed E-state index contributed by atoms with van der Waals surface area (Å²) < 4.78 is 5.78. The highest BCUT2D eigenvalue weighted by Crippen LogP contribution is 2.33. The molecule has 0 saturated carbocycles. The molecule has 0 spiro atoms. The maximum absolute atomic E-state index is 12.2. The molecule has 8 heteroatoms. The van der Waals surface area contributed by atoms with Gasteiger partial charge in [-0.2, -0.15) is 0 Å². The Balaban J connectivity index is 2.07. The predicted octanol–water partition coefficient (Wildman–Crippen LogP) is 1.62. The van der Waals surface area contributed by atoms with Crippen LogP contribution in [0.1, 0.15) is 23.7 Å². The Bertz CT molecular complexity index is 632. The summed E-state index contributed by atoms with van der Waals surface area (Å²) in [6.07, 6.45) is -0.0131. The number of hydrogen-bond acceptors (Lipinski definition) is 4. The fourth-order valence-electron chi connectivity index (χ4n) is 2.01. The minimum absolute atomic E-state index is 0.0131. The second kappa shape index (κ2) is 6.78. The maximum Gasteiger partial charge on any atom is 0.303 e. The van der Waals surface area contributed by atoms with E-state index in [4.69, 9.17) is 9.84 Å². The van der Waals surface area contributed by atoms with Gasteiger partial charge in [-0.1, -0.05) is 6.92 Å². The Morgan fingerprint density at radius 2 is 2.23 bits per heavy atom. The monoisotopic (exact) mass is 370 g/mol. The van der Waals surface area contributed by atoms with Crippen LogP contribution in [0.4, 0.5) is 5.69 Å². The zero-order chi connectivity index (χ0) is 16.3. The van der Waals surface area contributed by atoms with E-state index in [-0.39, 0.29) is 37.3 Å². The molecule has 1 heterocycles. The van der Waals surface area contributed by atoms with Crippen LogP contribution in [0.5, 0.6) is 5.75 Å². The minimum atomic E-state index is -0.902. The molecule has 22 heavy (non-hydrogen) atoms. The van der Waals surface area contributed by atoms with Crippen molar-refractivity contribution in [3.63, 3.8) is 0 Å². The first-order chi connectivity index (χ1) is 10.4. The lowest BCUT2D eigenvalue weighted by molar-refractivity contribution is -0.137. The summed E-state index contributed by atoms with van der Waals surface area (Å²) in [5.41, 5.74) is 0.858. The van der Waals surface area contributed by atoms with Crippen molar-refractivity contribution in [2.75, 3.05) is 18.5 Å². The molecule has 1 unspecified atom stereocenters. The molecule has 1 atom stereocenters. The van der Waals surface area contributed by atoms with Crippen molar-refractivity contribution in [1.29, 1.82) is 0 Å². The predicted molar refractivity (Wildman–Crippen MR) is 82.0 cm³/mol. The number of carbonyl (C=O) groups is 3. The molecule has 1 aromatic rings. The maximum atomic E-state index is 12.2. The molecule has 1 aliphatic heterocycles. The normalized spacial score (nSPS) is 14.4. The second-order valence-corrected chi connectivity index (χ2v) is 5.93. The first-order valence-corrected chi connectivity index (χ1v) is 7.42. The lowest BCUT2D eigenvalue weighted by atomic mass is 10.1. The molecular weight excluding hydrogens is 356 g/mol. The molecule has 0 fully saturated rings. The van der Waals surface area contributed by atoms with E-state index >= 15 is 0 Å². The van der Waals surface area contributed by atoms with Gasteiger partial charge in [0.05, 0.1) is 11.3 Å². The van der Waals surface area contributed by atoms with Crippen LogP contribution in [0.2, 0.25) is 0 Å². The Hall–Kier alpha value is -2.09. The summed E-state index contributed by atoms with van der Waals surface area (Å²) in [5, 5.41) is 14.0. The average Bonchev–Trinajstić information content (AvgIpc) is 2.43. The van der Waals surface area contributed by atoms with Crippen molar-refractivity contribution in [3.8, 4) is 5.75 Å². The molecular formula is C14H15BrN2O5. The van der Waals surface area contributed by atoms with E-state index in [2.05, 4.69) is 26.6 Å². The summed E-state index contributed by atoms with van der Waals surface area (Å²) in [4.78, 5) is 34.0. The molecule has 3 N–H and O–H groups in total. The van der Waals surface area contributed by atoms with Crippen LogP contribution in [0.3, 0.4) is 0 Å². The largest absolute Gasteiger partial charge is 0.482 e. The first kappa shape index (κ1) is 16.3. The second-order valence-electron chi connectivity index (χ2n) is 5.08. The Morgan fingerprint density at radius 3 is 2.91 bits per heavy atom. The Morgan fingerprint density at radius 1 is 1.50 bits per heavy atom. The molecule has 1 aromatic carbocycles. The number of rotatable bonds is 5. The standard InChI is InChI=1S/C14H15BrN2O5/c1-7(2-13(19)20)5-16-14(21)8-3-11-10(4-9(8)15)17-12(18)6-22-11/h3-4,7H,2,5-6H2,1H3,(H,16,21)(H,17,18)(H,19,20). The van der Waals surface area contributed by atoms with Gasteiger partial charge in [0.15, 0.2) is 6.61 Å². The van der Waals surface area contributed by atoms with Crippen LogP contribution < -0.4 is 15.4 Å². The van der Waals surface area contributed by atoms with Gasteiger partial charge in [0, 0.05) is 17.4 Å². The highest BCUT2D eigenvalue weighted by atomic mass is 79.9. The number of amides is 2. The smallest absolute Gasteiger partial charge is 0.303 e. The highest BCUT2D eigenvalue weighted by Gasteiger charge is 2.21. The summed E-state index contributed by atoms with van der Waals surface area (Å²) in [6.45, 7) is 1.91. The number of hydrogen-bond donors (Lipinski definition) is 3. The van der Waals surface area contributed by atoms with E-state index in [1.54, 1.807) is 13.0 Å². The molecule has 0 radical (unpaired) electrons. The molecule has 0 aliphatic carbocycles. The van der Waals surface area contributed by atoms with Crippen molar-refractivity contribution in [1.82, 2.24) is 5.32 Å². The lowest BCUT2D eigenvalue weighted by Gasteiger charge is -2.19. The molecule has 0 saturated heterocycles. The topological polar surface area (TPSA) is 105 Å². The number of anilines is 1. The van der Waals surface area contributed by atoms with Crippen molar-refractivity contribution >= 4 is 39.4 Å². The van der Waals surface area contributed by atoms with Crippen LogP contribution in [-0.4, -0.2) is 36.0 Å². The molecule has 7 nitrogen and oxygen atoms in total. The van der Waals surface area contributed by atoms with Gasteiger partial charge in [-0.05, 0) is 34.0 Å². The van der Waals surface area contributed by atoms with Crippen LogP contribution >= 0.6 is 15.9 Å². The number of halogens is 1. The van der Waals surface area contributed by atoms with E-state index in [1.165, 1.54) is 6.07 Å². The van der Waals surface area contributed by atoms with Crippen molar-refractivity contribution in [2.45, 2.75) is 13.3 Å². The number of carboxylic acids is 1. The third-order valence-corrected chi connectivity index (χ3v) is 3.74. The Labute approximate surface area is 135 Å². The van der Waals surface area contributed by atoms with Gasteiger partial charge in [-0.15, -0.1) is 0 Å². The summed E-state index contributed by atoms with van der Waals surface area (Å²) in [5.74, 6) is -1.24. The number of carboxylic acid groups (broad SMARTS) is 1. The number of benzene rings is 1.